The maximum Gasteiger partial charge on any atom is 0.265 e. The summed E-state index contributed by atoms with van der Waals surface area (Å²) in [6.45, 7) is 1.60. The standard InChI is InChI=1S/C38H30N6O2S/c1-42(2)21-20-39-31-19-18-29-34-27(31)14-9-15-28(34)37(45)44(38(29)46)26-13-8-10-24(22-26)35-30(23-43(41-35)25-11-4-3-5-12-25)36-40-32-16-6-7-17-33(32)47-36/h3-19,22-23,39H,20-21H2,1-2H3. The van der Waals surface area contributed by atoms with Gasteiger partial charge in [0.1, 0.15) is 10.7 Å². The molecule has 0 saturated heterocycles. The van der Waals surface area contributed by atoms with Crippen molar-refractivity contribution in [2.24, 2.45) is 0 Å². The molecule has 1 aliphatic heterocycles. The zero-order valence-corrected chi connectivity index (χ0v) is 26.7. The van der Waals surface area contributed by atoms with Crippen LogP contribution in [0.25, 0.3) is 48.5 Å². The number of benzene rings is 5. The van der Waals surface area contributed by atoms with Gasteiger partial charge in [0.2, 0.25) is 0 Å². The van der Waals surface area contributed by atoms with E-state index in [4.69, 9.17) is 10.1 Å². The van der Waals surface area contributed by atoms with Crippen LogP contribution in [0.15, 0.2) is 115 Å². The Morgan fingerprint density at radius 1 is 0.766 bits per heavy atom. The highest BCUT2D eigenvalue weighted by molar-refractivity contribution is 7.21. The summed E-state index contributed by atoms with van der Waals surface area (Å²) in [6.07, 6.45) is 1.99. The van der Waals surface area contributed by atoms with Crippen LogP contribution < -0.4 is 10.2 Å². The zero-order valence-electron chi connectivity index (χ0n) is 25.8. The number of hydrogen-bond donors (Lipinski definition) is 1. The molecule has 8 rings (SSSR count). The molecule has 3 heterocycles. The SMILES string of the molecule is CN(C)CCNc1ccc2c3c(cccc13)C(=O)N(c1cccc(-c3nn(-c4ccccc4)cc3-c3nc4ccccc4s3)c1)C2=O. The van der Waals surface area contributed by atoms with Crippen molar-refractivity contribution in [2.75, 3.05) is 37.4 Å². The molecule has 2 amide bonds. The average molecular weight is 635 g/mol. The first kappa shape index (κ1) is 28.8. The molecule has 0 radical (unpaired) electrons. The van der Waals surface area contributed by atoms with Crippen molar-refractivity contribution in [1.82, 2.24) is 19.7 Å². The summed E-state index contributed by atoms with van der Waals surface area (Å²) in [5.74, 6) is -0.700. The lowest BCUT2D eigenvalue weighted by Gasteiger charge is -2.28. The van der Waals surface area contributed by atoms with Crippen molar-refractivity contribution in [2.45, 2.75) is 0 Å². The van der Waals surface area contributed by atoms with Crippen molar-refractivity contribution >= 4 is 55.5 Å². The van der Waals surface area contributed by atoms with Crippen LogP contribution in [0.1, 0.15) is 20.7 Å². The normalized spacial score (nSPS) is 12.9. The van der Waals surface area contributed by atoms with E-state index in [1.807, 2.05) is 116 Å². The largest absolute Gasteiger partial charge is 0.383 e. The number of amides is 2. The van der Waals surface area contributed by atoms with E-state index in [9.17, 15) is 9.59 Å². The van der Waals surface area contributed by atoms with E-state index in [2.05, 4.69) is 16.3 Å². The minimum atomic E-state index is -0.350. The molecule has 0 saturated carbocycles. The van der Waals surface area contributed by atoms with E-state index >= 15 is 0 Å². The van der Waals surface area contributed by atoms with Crippen LogP contribution in [0.3, 0.4) is 0 Å². The van der Waals surface area contributed by atoms with E-state index in [0.717, 1.165) is 56.2 Å². The molecule has 9 heteroatoms. The maximum atomic E-state index is 14.1. The lowest BCUT2D eigenvalue weighted by Crippen LogP contribution is -2.40. The van der Waals surface area contributed by atoms with Gasteiger partial charge in [0, 0.05) is 52.4 Å². The number of carbonyl (C=O) groups excluding carboxylic acids is 2. The molecular weight excluding hydrogens is 605 g/mol. The van der Waals surface area contributed by atoms with Crippen molar-refractivity contribution in [3.8, 4) is 27.5 Å². The predicted octanol–water partition coefficient (Wildman–Crippen LogP) is 7.74. The molecule has 2 aromatic heterocycles. The number of nitrogens with zero attached hydrogens (tertiary/aromatic N) is 5. The second kappa shape index (κ2) is 11.6. The minimum absolute atomic E-state index is 0.350. The fourth-order valence-electron chi connectivity index (χ4n) is 6.14. The van der Waals surface area contributed by atoms with Crippen molar-refractivity contribution in [3.05, 3.63) is 127 Å². The lowest BCUT2D eigenvalue weighted by molar-refractivity contribution is 0.0893. The number of aromatic nitrogens is 3. The third kappa shape index (κ3) is 5.06. The van der Waals surface area contributed by atoms with Gasteiger partial charge in [-0.25, -0.2) is 14.6 Å². The van der Waals surface area contributed by atoms with Gasteiger partial charge in [-0.2, -0.15) is 5.10 Å². The van der Waals surface area contributed by atoms with Gasteiger partial charge < -0.3 is 10.2 Å². The van der Waals surface area contributed by atoms with E-state index < -0.39 is 0 Å². The van der Waals surface area contributed by atoms with Gasteiger partial charge in [0.25, 0.3) is 11.8 Å². The molecular formula is C38H30N6O2S. The molecule has 0 unspecified atom stereocenters. The molecule has 0 aliphatic carbocycles. The van der Waals surface area contributed by atoms with E-state index in [-0.39, 0.29) is 11.8 Å². The summed E-state index contributed by atoms with van der Waals surface area (Å²) in [4.78, 5) is 36.5. The van der Waals surface area contributed by atoms with Crippen molar-refractivity contribution < 1.29 is 9.59 Å². The molecule has 7 aromatic rings. The molecule has 47 heavy (non-hydrogen) atoms. The number of thiazole rings is 1. The Kier molecular flexibility index (Phi) is 7.12. The summed E-state index contributed by atoms with van der Waals surface area (Å²) in [5, 5.41) is 10.9. The Balaban J connectivity index is 1.21. The molecule has 1 aliphatic rings. The number of rotatable bonds is 8. The summed E-state index contributed by atoms with van der Waals surface area (Å²) in [5.41, 5.74) is 6.58. The second-order valence-corrected chi connectivity index (χ2v) is 12.8. The first-order valence-electron chi connectivity index (χ1n) is 15.4. The van der Waals surface area contributed by atoms with Gasteiger partial charge in [-0.3, -0.25) is 9.59 Å². The van der Waals surface area contributed by atoms with Gasteiger partial charge in [-0.1, -0.05) is 54.6 Å². The Hall–Kier alpha value is -5.64. The van der Waals surface area contributed by atoms with Crippen molar-refractivity contribution in [1.29, 1.82) is 0 Å². The summed E-state index contributed by atoms with van der Waals surface area (Å²) >= 11 is 1.61. The smallest absolute Gasteiger partial charge is 0.265 e. The highest BCUT2D eigenvalue weighted by Gasteiger charge is 2.35. The molecule has 1 N–H and O–H groups in total. The third-order valence-electron chi connectivity index (χ3n) is 8.42. The molecule has 8 nitrogen and oxygen atoms in total. The van der Waals surface area contributed by atoms with Crippen LogP contribution >= 0.6 is 11.3 Å². The molecule has 0 bridgehead atoms. The summed E-state index contributed by atoms with van der Waals surface area (Å²) < 4.78 is 2.94. The number of para-hydroxylation sites is 2. The minimum Gasteiger partial charge on any atom is -0.383 e. The van der Waals surface area contributed by atoms with Crippen LogP contribution in [-0.2, 0) is 0 Å². The fourth-order valence-corrected chi connectivity index (χ4v) is 7.11. The molecule has 0 atom stereocenters. The highest BCUT2D eigenvalue weighted by atomic mass is 32.1. The lowest BCUT2D eigenvalue weighted by atomic mass is 9.92. The van der Waals surface area contributed by atoms with E-state index in [0.29, 0.717) is 27.9 Å². The topological polar surface area (TPSA) is 83.4 Å². The molecule has 0 spiro atoms. The quantitative estimate of drug-likeness (QED) is 0.172. The summed E-state index contributed by atoms with van der Waals surface area (Å²) in [6, 6.07) is 34.9. The monoisotopic (exact) mass is 634 g/mol. The number of imide groups is 1. The fraction of sp³-hybridized carbons (Fsp3) is 0.105. The number of carbonyl (C=O) groups is 2. The average Bonchev–Trinajstić information content (AvgIpc) is 3.73. The molecule has 0 fully saturated rings. The number of nitrogens with one attached hydrogen (secondary N) is 1. The first-order valence-corrected chi connectivity index (χ1v) is 16.2. The first-order chi connectivity index (χ1) is 23.0. The van der Waals surface area contributed by atoms with Gasteiger partial charge >= 0.3 is 0 Å². The van der Waals surface area contributed by atoms with Crippen LogP contribution in [0.4, 0.5) is 11.4 Å². The van der Waals surface area contributed by atoms with Gasteiger partial charge in [0.15, 0.2) is 0 Å². The van der Waals surface area contributed by atoms with Crippen LogP contribution in [0, 0.1) is 0 Å². The predicted molar refractivity (Wildman–Crippen MR) is 190 cm³/mol. The van der Waals surface area contributed by atoms with E-state index in [1.165, 1.54) is 4.90 Å². The summed E-state index contributed by atoms with van der Waals surface area (Å²) in [7, 11) is 4.05. The van der Waals surface area contributed by atoms with Gasteiger partial charge in [-0.15, -0.1) is 11.3 Å². The molecule has 5 aromatic carbocycles. The Labute approximate surface area is 275 Å². The van der Waals surface area contributed by atoms with Crippen LogP contribution in [0.5, 0.6) is 0 Å². The zero-order chi connectivity index (χ0) is 32.1. The number of anilines is 2. The Morgan fingerprint density at radius 2 is 1.51 bits per heavy atom. The molecule has 230 valence electrons. The Morgan fingerprint density at radius 3 is 2.32 bits per heavy atom. The van der Waals surface area contributed by atoms with Crippen molar-refractivity contribution in [3.63, 3.8) is 0 Å². The third-order valence-corrected chi connectivity index (χ3v) is 9.49. The number of hydrogen-bond acceptors (Lipinski definition) is 7. The van der Waals surface area contributed by atoms with Gasteiger partial charge in [0.05, 0.1) is 27.2 Å². The van der Waals surface area contributed by atoms with Crippen LogP contribution in [-0.4, -0.2) is 58.7 Å². The number of likely N-dealkylation sites (N-methyl/N-ethyl adjacent to an activating group) is 1. The highest BCUT2D eigenvalue weighted by Crippen LogP contribution is 2.40. The number of fused-ring (bicyclic) bond motifs is 1. The second-order valence-electron chi connectivity index (χ2n) is 11.8. The van der Waals surface area contributed by atoms with Gasteiger partial charge in [-0.05, 0) is 68.7 Å². The van der Waals surface area contributed by atoms with Crippen LogP contribution in [0.2, 0.25) is 0 Å². The van der Waals surface area contributed by atoms with E-state index in [1.54, 1.807) is 23.5 Å². The Bertz CT molecular complexity index is 2270. The maximum absolute atomic E-state index is 14.1.